The minimum absolute atomic E-state index is 0.0466. The molecule has 4 nitrogen and oxygen atoms in total. The van der Waals surface area contributed by atoms with Gasteiger partial charge in [0.25, 0.3) is 0 Å². The summed E-state index contributed by atoms with van der Waals surface area (Å²) in [6.07, 6.45) is 1.59. The lowest BCUT2D eigenvalue weighted by atomic mass is 9.94. The molecular formula is C14H29NO3. The molecular weight excluding hydrogens is 230 g/mol. The number of hydrogen-bond acceptors (Lipinski definition) is 4. The number of rotatable bonds is 7. The largest absolute Gasteiger partial charge is 0.389 e. The zero-order valence-corrected chi connectivity index (χ0v) is 12.2. The fraction of sp³-hybridized carbons (Fsp3) is 1.00. The highest BCUT2D eigenvalue weighted by Crippen LogP contribution is 2.23. The van der Waals surface area contributed by atoms with E-state index in [0.717, 1.165) is 19.4 Å². The van der Waals surface area contributed by atoms with Crippen LogP contribution < -0.4 is 5.32 Å². The van der Waals surface area contributed by atoms with Crippen LogP contribution in [0, 0.1) is 5.92 Å². The van der Waals surface area contributed by atoms with E-state index in [-0.39, 0.29) is 5.60 Å². The Morgan fingerprint density at radius 2 is 2.11 bits per heavy atom. The van der Waals surface area contributed by atoms with E-state index in [0.29, 0.717) is 31.7 Å². The molecule has 18 heavy (non-hydrogen) atoms. The lowest BCUT2D eigenvalue weighted by molar-refractivity contribution is -0.0648. The van der Waals surface area contributed by atoms with Crippen LogP contribution in [0.2, 0.25) is 0 Å². The van der Waals surface area contributed by atoms with Crippen LogP contribution in [-0.4, -0.2) is 49.2 Å². The van der Waals surface area contributed by atoms with Gasteiger partial charge in [-0.25, -0.2) is 0 Å². The second-order valence-corrected chi connectivity index (χ2v) is 6.29. The summed E-state index contributed by atoms with van der Waals surface area (Å²) in [5, 5.41) is 13.2. The van der Waals surface area contributed by atoms with Gasteiger partial charge < -0.3 is 19.9 Å². The molecule has 0 aromatic carbocycles. The molecule has 0 aliphatic carbocycles. The smallest absolute Gasteiger partial charge is 0.0897 e. The number of aliphatic hydroxyl groups is 1. The number of hydrogen-bond donors (Lipinski definition) is 2. The summed E-state index contributed by atoms with van der Waals surface area (Å²) < 4.78 is 11.1. The van der Waals surface area contributed by atoms with Gasteiger partial charge in [0, 0.05) is 25.8 Å². The van der Waals surface area contributed by atoms with Crippen LogP contribution in [0.3, 0.4) is 0 Å². The summed E-state index contributed by atoms with van der Waals surface area (Å²) in [5.41, 5.74) is -0.0466. The highest BCUT2D eigenvalue weighted by Gasteiger charge is 2.28. The first-order valence-corrected chi connectivity index (χ1v) is 7.02. The molecule has 1 aliphatic rings. The summed E-state index contributed by atoms with van der Waals surface area (Å²) in [5.74, 6) is 0.515. The quantitative estimate of drug-likeness (QED) is 0.728. The van der Waals surface area contributed by atoms with Crippen LogP contribution >= 0.6 is 0 Å². The molecule has 4 heteroatoms. The van der Waals surface area contributed by atoms with Gasteiger partial charge in [-0.2, -0.15) is 0 Å². The van der Waals surface area contributed by atoms with E-state index in [1.165, 1.54) is 0 Å². The summed E-state index contributed by atoms with van der Waals surface area (Å²) >= 11 is 0. The summed E-state index contributed by atoms with van der Waals surface area (Å²) in [6.45, 7) is 11.0. The predicted molar refractivity (Wildman–Crippen MR) is 72.7 cm³/mol. The van der Waals surface area contributed by atoms with Gasteiger partial charge in [-0.15, -0.1) is 0 Å². The van der Waals surface area contributed by atoms with Crippen LogP contribution in [0.15, 0.2) is 0 Å². The van der Waals surface area contributed by atoms with Crippen molar-refractivity contribution in [1.29, 1.82) is 0 Å². The van der Waals surface area contributed by atoms with Gasteiger partial charge in [0.2, 0.25) is 0 Å². The Balaban J connectivity index is 2.12. The maximum absolute atomic E-state index is 9.80. The van der Waals surface area contributed by atoms with Crippen molar-refractivity contribution in [2.45, 2.75) is 58.3 Å². The number of nitrogens with one attached hydrogen (secondary N) is 1. The minimum Gasteiger partial charge on any atom is -0.389 e. The first kappa shape index (κ1) is 15.9. The van der Waals surface area contributed by atoms with Gasteiger partial charge in [-0.3, -0.25) is 0 Å². The second kappa shape index (κ2) is 7.43. The molecule has 108 valence electrons. The SMILES string of the molecule is CC(C)COCC(O)CNC1CCOC(C)(C)C1. The van der Waals surface area contributed by atoms with E-state index >= 15 is 0 Å². The maximum Gasteiger partial charge on any atom is 0.0897 e. The van der Waals surface area contributed by atoms with Crippen molar-refractivity contribution in [3.8, 4) is 0 Å². The van der Waals surface area contributed by atoms with Crippen molar-refractivity contribution in [3.63, 3.8) is 0 Å². The Morgan fingerprint density at radius 3 is 2.72 bits per heavy atom. The van der Waals surface area contributed by atoms with Crippen LogP contribution in [0.25, 0.3) is 0 Å². The minimum atomic E-state index is -0.422. The Kier molecular flexibility index (Phi) is 6.57. The van der Waals surface area contributed by atoms with Crippen molar-refractivity contribution < 1.29 is 14.6 Å². The Labute approximate surface area is 111 Å². The molecule has 1 saturated heterocycles. The molecule has 2 N–H and O–H groups in total. The van der Waals surface area contributed by atoms with Crippen molar-refractivity contribution in [2.75, 3.05) is 26.4 Å². The maximum atomic E-state index is 9.80. The molecule has 0 amide bonds. The van der Waals surface area contributed by atoms with E-state index in [2.05, 4.69) is 33.0 Å². The normalized spacial score (nSPS) is 25.3. The topological polar surface area (TPSA) is 50.7 Å². The third-order valence-electron chi connectivity index (χ3n) is 3.10. The van der Waals surface area contributed by atoms with Gasteiger partial charge in [0.05, 0.1) is 18.3 Å². The monoisotopic (exact) mass is 259 g/mol. The summed E-state index contributed by atoms with van der Waals surface area (Å²) in [7, 11) is 0. The summed E-state index contributed by atoms with van der Waals surface area (Å²) in [6, 6.07) is 0.438. The molecule has 0 radical (unpaired) electrons. The van der Waals surface area contributed by atoms with E-state index in [9.17, 15) is 5.11 Å². The molecule has 0 bridgehead atoms. The lowest BCUT2D eigenvalue weighted by Gasteiger charge is -2.36. The molecule has 1 rings (SSSR count). The molecule has 0 spiro atoms. The molecule has 0 aromatic rings. The number of aliphatic hydroxyl groups excluding tert-OH is 1. The van der Waals surface area contributed by atoms with Crippen molar-refractivity contribution in [1.82, 2.24) is 5.32 Å². The lowest BCUT2D eigenvalue weighted by Crippen LogP contribution is -2.46. The molecule has 1 fully saturated rings. The van der Waals surface area contributed by atoms with E-state index in [1.807, 2.05) is 0 Å². The first-order valence-electron chi connectivity index (χ1n) is 7.02. The van der Waals surface area contributed by atoms with E-state index < -0.39 is 6.10 Å². The average molecular weight is 259 g/mol. The molecule has 1 heterocycles. The first-order chi connectivity index (χ1) is 8.39. The van der Waals surface area contributed by atoms with Gasteiger partial charge in [-0.05, 0) is 32.6 Å². The van der Waals surface area contributed by atoms with Gasteiger partial charge in [-0.1, -0.05) is 13.8 Å². The van der Waals surface area contributed by atoms with Gasteiger partial charge in [0.1, 0.15) is 0 Å². The van der Waals surface area contributed by atoms with E-state index in [1.54, 1.807) is 0 Å². The molecule has 1 aliphatic heterocycles. The molecule has 0 aromatic heterocycles. The fourth-order valence-corrected chi connectivity index (χ4v) is 2.21. The average Bonchev–Trinajstić information content (AvgIpc) is 2.24. The molecule has 0 saturated carbocycles. The zero-order chi connectivity index (χ0) is 13.6. The van der Waals surface area contributed by atoms with Crippen LogP contribution in [0.5, 0.6) is 0 Å². The number of ether oxygens (including phenoxy) is 2. The fourth-order valence-electron chi connectivity index (χ4n) is 2.21. The molecule has 2 unspecified atom stereocenters. The Hall–Kier alpha value is -0.160. The van der Waals surface area contributed by atoms with Crippen molar-refractivity contribution in [3.05, 3.63) is 0 Å². The Morgan fingerprint density at radius 1 is 1.39 bits per heavy atom. The highest BCUT2D eigenvalue weighted by atomic mass is 16.5. The predicted octanol–water partition coefficient (Wildman–Crippen LogP) is 1.57. The van der Waals surface area contributed by atoms with Crippen LogP contribution in [0.4, 0.5) is 0 Å². The van der Waals surface area contributed by atoms with Gasteiger partial charge >= 0.3 is 0 Å². The third kappa shape index (κ3) is 6.69. The van der Waals surface area contributed by atoms with E-state index in [4.69, 9.17) is 9.47 Å². The van der Waals surface area contributed by atoms with Crippen LogP contribution in [-0.2, 0) is 9.47 Å². The van der Waals surface area contributed by atoms with Crippen LogP contribution in [0.1, 0.15) is 40.5 Å². The highest BCUT2D eigenvalue weighted by molar-refractivity contribution is 4.83. The zero-order valence-electron chi connectivity index (χ0n) is 12.2. The Bertz CT molecular complexity index is 231. The van der Waals surface area contributed by atoms with Crippen molar-refractivity contribution >= 4 is 0 Å². The standard InChI is InChI=1S/C14H29NO3/c1-11(2)9-17-10-13(16)8-15-12-5-6-18-14(3,4)7-12/h11-13,15-16H,5-10H2,1-4H3. The molecule has 2 atom stereocenters. The summed E-state index contributed by atoms with van der Waals surface area (Å²) in [4.78, 5) is 0. The second-order valence-electron chi connectivity index (χ2n) is 6.29. The van der Waals surface area contributed by atoms with Gasteiger partial charge in [0.15, 0.2) is 0 Å². The van der Waals surface area contributed by atoms with Crippen molar-refractivity contribution in [2.24, 2.45) is 5.92 Å². The third-order valence-corrected chi connectivity index (χ3v) is 3.10.